The summed E-state index contributed by atoms with van der Waals surface area (Å²) in [6.07, 6.45) is 0. The van der Waals surface area contributed by atoms with Gasteiger partial charge in [0.2, 0.25) is 0 Å². The van der Waals surface area contributed by atoms with Crippen molar-refractivity contribution in [3.05, 3.63) is 70.2 Å². The summed E-state index contributed by atoms with van der Waals surface area (Å²) in [5.41, 5.74) is 0.624. The van der Waals surface area contributed by atoms with Crippen molar-refractivity contribution in [2.24, 2.45) is 0 Å². The summed E-state index contributed by atoms with van der Waals surface area (Å²) in [6.45, 7) is -0.465. The van der Waals surface area contributed by atoms with Crippen molar-refractivity contribution in [2.45, 2.75) is 0 Å². The average Bonchev–Trinajstić information content (AvgIpc) is 2.67. The Hall–Kier alpha value is -2.76. The van der Waals surface area contributed by atoms with Crippen LogP contribution in [0.3, 0.4) is 0 Å². The predicted octanol–water partition coefficient (Wildman–Crippen LogP) is 4.95. The lowest BCUT2D eigenvalue weighted by molar-refractivity contribution is -0.119. The van der Waals surface area contributed by atoms with E-state index in [0.29, 0.717) is 21.5 Å². The largest absolute Gasteiger partial charge is 0.496 e. The maximum absolute atomic E-state index is 12.4. The predicted molar refractivity (Wildman–Crippen MR) is 106 cm³/mol. The van der Waals surface area contributed by atoms with Crippen LogP contribution in [0.2, 0.25) is 10.0 Å². The summed E-state index contributed by atoms with van der Waals surface area (Å²) >= 11 is 11.8. The topological polar surface area (TPSA) is 64.6 Å². The first kappa shape index (κ1) is 19.0. The van der Waals surface area contributed by atoms with E-state index in [2.05, 4.69) is 5.32 Å². The second-order valence-electron chi connectivity index (χ2n) is 5.65. The van der Waals surface area contributed by atoms with Crippen molar-refractivity contribution < 1.29 is 19.1 Å². The Morgan fingerprint density at radius 3 is 2.37 bits per heavy atom. The molecule has 3 aromatic rings. The van der Waals surface area contributed by atoms with E-state index in [1.165, 1.54) is 13.2 Å². The van der Waals surface area contributed by atoms with E-state index in [1.54, 1.807) is 24.3 Å². The third-order valence-corrected chi connectivity index (χ3v) is 4.38. The van der Waals surface area contributed by atoms with Crippen LogP contribution < -0.4 is 10.1 Å². The minimum absolute atomic E-state index is 0.244. The lowest BCUT2D eigenvalue weighted by Gasteiger charge is -2.11. The number of hydrogen-bond acceptors (Lipinski definition) is 4. The van der Waals surface area contributed by atoms with E-state index in [1.807, 2.05) is 24.3 Å². The van der Waals surface area contributed by atoms with Gasteiger partial charge in [0, 0.05) is 5.02 Å². The van der Waals surface area contributed by atoms with Gasteiger partial charge in [0.1, 0.15) is 11.3 Å². The van der Waals surface area contributed by atoms with Gasteiger partial charge in [-0.15, -0.1) is 0 Å². The summed E-state index contributed by atoms with van der Waals surface area (Å²) in [7, 11) is 1.47. The van der Waals surface area contributed by atoms with Crippen LogP contribution in [0, 0.1) is 0 Å². The molecule has 3 rings (SSSR count). The molecule has 5 nitrogen and oxygen atoms in total. The Kier molecular flexibility index (Phi) is 5.84. The number of methoxy groups -OCH3 is 1. The van der Waals surface area contributed by atoms with Crippen LogP contribution in [-0.4, -0.2) is 25.6 Å². The molecule has 0 spiro atoms. The number of halogens is 2. The van der Waals surface area contributed by atoms with Gasteiger partial charge >= 0.3 is 5.97 Å². The zero-order chi connectivity index (χ0) is 19.4. The fraction of sp³-hybridized carbons (Fsp3) is 0.100. The van der Waals surface area contributed by atoms with Crippen LogP contribution in [0.5, 0.6) is 5.75 Å². The van der Waals surface area contributed by atoms with Gasteiger partial charge in [0.05, 0.1) is 17.8 Å². The molecule has 0 aromatic heterocycles. The van der Waals surface area contributed by atoms with Crippen LogP contribution in [-0.2, 0) is 9.53 Å². The summed E-state index contributed by atoms with van der Waals surface area (Å²) in [4.78, 5) is 24.5. The quantitative estimate of drug-likeness (QED) is 0.612. The second kappa shape index (κ2) is 8.29. The molecule has 0 aliphatic rings. The molecular formula is C20H15Cl2NO4. The number of fused-ring (bicyclic) bond motifs is 1. The zero-order valence-electron chi connectivity index (χ0n) is 14.3. The molecule has 0 atom stereocenters. The molecule has 1 amide bonds. The molecule has 27 heavy (non-hydrogen) atoms. The lowest BCUT2D eigenvalue weighted by Crippen LogP contribution is -2.21. The number of carbonyl (C=O) groups excluding carboxylic acids is 2. The highest BCUT2D eigenvalue weighted by molar-refractivity contribution is 6.36. The van der Waals surface area contributed by atoms with Crippen LogP contribution in [0.1, 0.15) is 10.4 Å². The van der Waals surface area contributed by atoms with Crippen LogP contribution in [0.4, 0.5) is 5.69 Å². The van der Waals surface area contributed by atoms with Crippen molar-refractivity contribution in [1.82, 2.24) is 0 Å². The third kappa shape index (κ3) is 4.51. The molecule has 0 radical (unpaired) electrons. The first-order valence-electron chi connectivity index (χ1n) is 7.97. The normalized spacial score (nSPS) is 10.5. The number of amides is 1. The van der Waals surface area contributed by atoms with Crippen molar-refractivity contribution in [1.29, 1.82) is 0 Å². The van der Waals surface area contributed by atoms with E-state index in [-0.39, 0.29) is 5.56 Å². The van der Waals surface area contributed by atoms with Gasteiger partial charge < -0.3 is 14.8 Å². The van der Waals surface area contributed by atoms with Crippen molar-refractivity contribution >= 4 is 51.5 Å². The molecule has 0 bridgehead atoms. The van der Waals surface area contributed by atoms with Gasteiger partial charge in [0.25, 0.3) is 5.91 Å². The lowest BCUT2D eigenvalue weighted by atomic mass is 10.1. The summed E-state index contributed by atoms with van der Waals surface area (Å²) in [5, 5.41) is 5.10. The Bertz CT molecular complexity index is 1020. The van der Waals surface area contributed by atoms with Crippen molar-refractivity contribution in [3.63, 3.8) is 0 Å². The second-order valence-corrected chi connectivity index (χ2v) is 6.49. The maximum atomic E-state index is 12.4. The Balaban J connectivity index is 1.70. The molecule has 0 fully saturated rings. The molecule has 0 aliphatic carbocycles. The van der Waals surface area contributed by atoms with E-state index in [0.717, 1.165) is 10.8 Å². The fourth-order valence-corrected chi connectivity index (χ4v) is 2.99. The van der Waals surface area contributed by atoms with Gasteiger partial charge in [-0.2, -0.15) is 0 Å². The van der Waals surface area contributed by atoms with Crippen molar-refractivity contribution in [3.8, 4) is 5.75 Å². The molecule has 7 heteroatoms. The summed E-state index contributed by atoms with van der Waals surface area (Å²) in [5.74, 6) is -0.804. The highest BCUT2D eigenvalue weighted by Gasteiger charge is 2.17. The molecule has 1 N–H and O–H groups in total. The zero-order valence-corrected chi connectivity index (χ0v) is 15.8. The number of ether oxygens (including phenoxy) is 2. The highest BCUT2D eigenvalue weighted by Crippen LogP contribution is 2.27. The molecule has 138 valence electrons. The van der Waals surface area contributed by atoms with Crippen LogP contribution >= 0.6 is 23.2 Å². The molecule has 0 heterocycles. The summed E-state index contributed by atoms with van der Waals surface area (Å²) < 4.78 is 10.4. The standard InChI is InChI=1S/C20H15Cl2NO4/c1-26-18-9-13-5-3-2-4-12(13)8-15(18)20(25)27-11-19(24)23-17-7-6-14(21)10-16(17)22/h2-10H,11H2,1H3,(H,23,24). The minimum Gasteiger partial charge on any atom is -0.496 e. The number of hydrogen-bond donors (Lipinski definition) is 1. The monoisotopic (exact) mass is 403 g/mol. The average molecular weight is 404 g/mol. The molecule has 3 aromatic carbocycles. The van der Waals surface area contributed by atoms with Crippen LogP contribution in [0.25, 0.3) is 10.8 Å². The van der Waals surface area contributed by atoms with Gasteiger partial charge in [-0.05, 0) is 41.1 Å². The Morgan fingerprint density at radius 2 is 1.70 bits per heavy atom. The first-order valence-corrected chi connectivity index (χ1v) is 8.72. The number of esters is 1. The van der Waals surface area contributed by atoms with Gasteiger partial charge in [-0.3, -0.25) is 4.79 Å². The molecule has 0 aliphatic heterocycles. The number of benzene rings is 3. The molecule has 0 unspecified atom stereocenters. The number of carbonyl (C=O) groups is 2. The number of nitrogens with one attached hydrogen (secondary N) is 1. The fourth-order valence-electron chi connectivity index (χ4n) is 2.53. The van der Waals surface area contributed by atoms with Gasteiger partial charge in [-0.25, -0.2) is 4.79 Å². The minimum atomic E-state index is -0.657. The third-order valence-electron chi connectivity index (χ3n) is 3.83. The summed E-state index contributed by atoms with van der Waals surface area (Å²) in [6, 6.07) is 15.6. The van der Waals surface area contributed by atoms with E-state index >= 15 is 0 Å². The SMILES string of the molecule is COc1cc2ccccc2cc1C(=O)OCC(=O)Nc1ccc(Cl)cc1Cl. The van der Waals surface area contributed by atoms with E-state index in [4.69, 9.17) is 32.7 Å². The van der Waals surface area contributed by atoms with Gasteiger partial charge in [-0.1, -0.05) is 47.5 Å². The molecular weight excluding hydrogens is 389 g/mol. The Labute approximate surface area is 165 Å². The molecule has 0 saturated heterocycles. The molecule has 0 saturated carbocycles. The van der Waals surface area contributed by atoms with Crippen molar-refractivity contribution in [2.75, 3.05) is 19.0 Å². The Morgan fingerprint density at radius 1 is 1.00 bits per heavy atom. The maximum Gasteiger partial charge on any atom is 0.342 e. The smallest absolute Gasteiger partial charge is 0.342 e. The first-order chi connectivity index (χ1) is 13.0. The van der Waals surface area contributed by atoms with Gasteiger partial charge in [0.15, 0.2) is 6.61 Å². The number of rotatable bonds is 5. The number of anilines is 1. The highest BCUT2D eigenvalue weighted by atomic mass is 35.5. The van der Waals surface area contributed by atoms with E-state index in [9.17, 15) is 9.59 Å². The van der Waals surface area contributed by atoms with E-state index < -0.39 is 18.5 Å². The van der Waals surface area contributed by atoms with Crippen LogP contribution in [0.15, 0.2) is 54.6 Å².